The molecule has 1 N–H and O–H groups in total. The fourth-order valence-corrected chi connectivity index (χ4v) is 1.52. The summed E-state index contributed by atoms with van der Waals surface area (Å²) in [4.78, 5) is 6.92. The van der Waals surface area contributed by atoms with Gasteiger partial charge in [0, 0.05) is 20.3 Å². The molecule has 0 bridgehead atoms. The maximum atomic E-state index is 5.03. The third-order valence-electron chi connectivity index (χ3n) is 2.04. The average molecular weight is 225 g/mol. The molecule has 0 unspecified atom stereocenters. The lowest BCUT2D eigenvalue weighted by molar-refractivity contribution is 0.189. The number of hydrogen-bond acceptors (Lipinski definition) is 5. The van der Waals surface area contributed by atoms with Gasteiger partial charge in [-0.25, -0.2) is 9.67 Å². The third-order valence-corrected chi connectivity index (χ3v) is 2.34. The van der Waals surface area contributed by atoms with Crippen LogP contribution in [0.1, 0.15) is 6.42 Å². The Labute approximate surface area is 91.3 Å². The number of aromatic nitrogens is 5. The molecule has 0 aromatic carbocycles. The minimum atomic E-state index is 0.474. The number of aryl methyl sites for hydroxylation is 1. The van der Waals surface area contributed by atoms with E-state index in [-0.39, 0.29) is 0 Å². The number of nitrogens with zero attached hydrogens (tertiary/aromatic N) is 4. The number of aromatic amines is 1. The topological polar surface area (TPSA) is 68.6 Å². The van der Waals surface area contributed by atoms with Crippen LogP contribution in [-0.2, 0) is 11.3 Å². The van der Waals surface area contributed by atoms with Gasteiger partial charge < -0.3 is 9.72 Å². The van der Waals surface area contributed by atoms with Crippen molar-refractivity contribution in [1.82, 2.24) is 25.0 Å². The molecular formula is C8H11N5OS. The molecule has 7 heteroatoms. The monoisotopic (exact) mass is 225 g/mol. The predicted octanol–water partition coefficient (Wildman–Crippen LogP) is 0.920. The van der Waals surface area contributed by atoms with Gasteiger partial charge in [-0.05, 0) is 6.42 Å². The van der Waals surface area contributed by atoms with E-state index in [1.165, 1.54) is 0 Å². The van der Waals surface area contributed by atoms with Crippen LogP contribution in [0.25, 0.3) is 11.2 Å². The third kappa shape index (κ3) is 2.02. The minimum Gasteiger partial charge on any atom is -0.385 e. The molecule has 6 nitrogen and oxygen atoms in total. The molecule has 0 aliphatic carbocycles. The van der Waals surface area contributed by atoms with Crippen molar-refractivity contribution in [2.24, 2.45) is 0 Å². The van der Waals surface area contributed by atoms with Crippen molar-refractivity contribution in [3.8, 4) is 0 Å². The molecule has 0 amide bonds. The number of nitrogens with one attached hydrogen (secondary N) is 1. The Morgan fingerprint density at radius 3 is 3.27 bits per heavy atom. The molecule has 2 aromatic rings. The molecule has 2 heterocycles. The van der Waals surface area contributed by atoms with Crippen LogP contribution >= 0.6 is 12.2 Å². The summed E-state index contributed by atoms with van der Waals surface area (Å²) in [5, 5.41) is 7.97. The van der Waals surface area contributed by atoms with Crippen LogP contribution in [0.3, 0.4) is 0 Å². The lowest BCUT2D eigenvalue weighted by Gasteiger charge is -2.00. The number of hydrogen-bond donors (Lipinski definition) is 1. The highest BCUT2D eigenvalue weighted by atomic mass is 32.1. The molecule has 0 aliphatic rings. The Bertz CT molecular complexity index is 505. The number of ether oxygens (including phenoxy) is 1. The number of H-pyrrole nitrogens is 1. The van der Waals surface area contributed by atoms with Crippen LogP contribution in [0.15, 0.2) is 6.33 Å². The second-order valence-corrected chi connectivity index (χ2v) is 3.45. The van der Waals surface area contributed by atoms with Crippen molar-refractivity contribution in [1.29, 1.82) is 0 Å². The molecular weight excluding hydrogens is 214 g/mol. The fourth-order valence-electron chi connectivity index (χ4n) is 1.33. The molecule has 0 aliphatic heterocycles. The zero-order valence-electron chi connectivity index (χ0n) is 8.30. The van der Waals surface area contributed by atoms with Crippen LogP contribution < -0.4 is 0 Å². The van der Waals surface area contributed by atoms with Gasteiger partial charge in [-0.1, -0.05) is 17.4 Å². The van der Waals surface area contributed by atoms with Crippen molar-refractivity contribution in [3.05, 3.63) is 11.0 Å². The maximum absolute atomic E-state index is 5.03. The normalized spacial score (nSPS) is 11.0. The second kappa shape index (κ2) is 4.45. The van der Waals surface area contributed by atoms with Crippen LogP contribution in [0.2, 0.25) is 0 Å². The highest BCUT2D eigenvalue weighted by Crippen LogP contribution is 2.07. The van der Waals surface area contributed by atoms with Crippen molar-refractivity contribution in [2.45, 2.75) is 13.0 Å². The summed E-state index contributed by atoms with van der Waals surface area (Å²) < 4.78 is 7.21. The van der Waals surface area contributed by atoms with E-state index in [0.29, 0.717) is 16.8 Å². The van der Waals surface area contributed by atoms with Gasteiger partial charge >= 0.3 is 0 Å². The predicted molar refractivity (Wildman–Crippen MR) is 57.0 cm³/mol. The standard InChI is InChI=1S/C8H11N5OS/c1-14-4-2-3-13-7-6(11-12-13)8(15)10-5-9-7/h5H,2-4H2,1H3,(H,9,10,15). The molecule has 0 atom stereocenters. The maximum Gasteiger partial charge on any atom is 0.166 e. The van der Waals surface area contributed by atoms with Gasteiger partial charge in [0.2, 0.25) is 0 Å². The summed E-state index contributed by atoms with van der Waals surface area (Å²) in [6, 6.07) is 0. The van der Waals surface area contributed by atoms with Gasteiger partial charge in [0.15, 0.2) is 15.8 Å². The van der Waals surface area contributed by atoms with Gasteiger partial charge in [0.1, 0.15) is 0 Å². The molecule has 0 fully saturated rings. The summed E-state index contributed by atoms with van der Waals surface area (Å²) in [6.07, 6.45) is 2.44. The number of methoxy groups -OCH3 is 1. The fraction of sp³-hybridized carbons (Fsp3) is 0.500. The first-order chi connectivity index (χ1) is 7.33. The van der Waals surface area contributed by atoms with Gasteiger partial charge in [0.25, 0.3) is 0 Å². The molecule has 0 radical (unpaired) electrons. The van der Waals surface area contributed by atoms with Gasteiger partial charge in [-0.15, -0.1) is 5.10 Å². The minimum absolute atomic E-state index is 0.474. The Morgan fingerprint density at radius 2 is 2.47 bits per heavy atom. The van der Waals surface area contributed by atoms with E-state index in [1.807, 2.05) is 0 Å². The van der Waals surface area contributed by atoms with Crippen molar-refractivity contribution in [2.75, 3.05) is 13.7 Å². The molecule has 0 saturated heterocycles. The lowest BCUT2D eigenvalue weighted by atomic mass is 10.4. The Kier molecular flexibility index (Phi) is 3.02. The van der Waals surface area contributed by atoms with Crippen molar-refractivity contribution >= 4 is 23.4 Å². The first-order valence-corrected chi connectivity index (χ1v) is 4.99. The molecule has 15 heavy (non-hydrogen) atoms. The van der Waals surface area contributed by atoms with E-state index in [9.17, 15) is 0 Å². The summed E-state index contributed by atoms with van der Waals surface area (Å²) >= 11 is 5.03. The lowest BCUT2D eigenvalue weighted by Crippen LogP contribution is -2.04. The first-order valence-electron chi connectivity index (χ1n) is 4.58. The average Bonchev–Trinajstić information content (AvgIpc) is 2.64. The zero-order chi connectivity index (χ0) is 10.7. The van der Waals surface area contributed by atoms with Gasteiger partial charge in [-0.3, -0.25) is 0 Å². The highest BCUT2D eigenvalue weighted by molar-refractivity contribution is 7.71. The Hall–Kier alpha value is -1.34. The van der Waals surface area contributed by atoms with Crippen LogP contribution in [-0.4, -0.2) is 38.7 Å². The van der Waals surface area contributed by atoms with E-state index in [4.69, 9.17) is 17.0 Å². The first kappa shape index (κ1) is 10.2. The highest BCUT2D eigenvalue weighted by Gasteiger charge is 2.05. The van der Waals surface area contributed by atoms with Crippen LogP contribution in [0.4, 0.5) is 0 Å². The molecule has 2 aromatic heterocycles. The quantitative estimate of drug-likeness (QED) is 0.619. The summed E-state index contributed by atoms with van der Waals surface area (Å²) in [7, 11) is 1.68. The number of fused-ring (bicyclic) bond motifs is 1. The van der Waals surface area contributed by atoms with E-state index >= 15 is 0 Å². The molecule has 2 rings (SSSR count). The van der Waals surface area contributed by atoms with Crippen molar-refractivity contribution in [3.63, 3.8) is 0 Å². The zero-order valence-corrected chi connectivity index (χ0v) is 9.12. The van der Waals surface area contributed by atoms with Gasteiger partial charge in [-0.2, -0.15) is 0 Å². The Morgan fingerprint density at radius 1 is 1.60 bits per heavy atom. The van der Waals surface area contributed by atoms with Crippen LogP contribution in [0.5, 0.6) is 0 Å². The molecule has 80 valence electrons. The molecule has 0 spiro atoms. The van der Waals surface area contributed by atoms with E-state index in [0.717, 1.165) is 18.6 Å². The SMILES string of the molecule is COCCCn1nnc2c(=S)nc[nH]c21. The molecule has 0 saturated carbocycles. The van der Waals surface area contributed by atoms with Gasteiger partial charge in [0.05, 0.1) is 6.33 Å². The summed E-state index contributed by atoms with van der Waals surface area (Å²) in [6.45, 7) is 1.45. The van der Waals surface area contributed by atoms with E-state index in [1.54, 1.807) is 18.1 Å². The Balaban J connectivity index is 2.29. The van der Waals surface area contributed by atoms with Crippen LogP contribution in [0, 0.1) is 4.64 Å². The second-order valence-electron chi connectivity index (χ2n) is 3.06. The largest absolute Gasteiger partial charge is 0.385 e. The van der Waals surface area contributed by atoms with Crippen molar-refractivity contribution < 1.29 is 4.74 Å². The number of rotatable bonds is 4. The smallest absolute Gasteiger partial charge is 0.166 e. The summed E-state index contributed by atoms with van der Waals surface area (Å²) in [5.74, 6) is 0. The van der Waals surface area contributed by atoms with E-state index in [2.05, 4.69) is 20.3 Å². The summed E-state index contributed by atoms with van der Waals surface area (Å²) in [5.41, 5.74) is 1.45. The van der Waals surface area contributed by atoms with E-state index < -0.39 is 0 Å².